The third-order valence-electron chi connectivity index (χ3n) is 5.84. The number of nitrogens with one attached hydrogen (secondary N) is 1. The van der Waals surface area contributed by atoms with Gasteiger partial charge in [0.25, 0.3) is 0 Å². The van der Waals surface area contributed by atoms with Crippen LogP contribution >= 0.6 is 11.6 Å². The van der Waals surface area contributed by atoms with E-state index in [1.807, 2.05) is 44.2 Å². The zero-order valence-electron chi connectivity index (χ0n) is 17.9. The fourth-order valence-electron chi connectivity index (χ4n) is 4.47. The first-order chi connectivity index (χ1) is 14.9. The average molecular weight is 440 g/mol. The van der Waals surface area contributed by atoms with Crippen LogP contribution in [0.15, 0.2) is 53.7 Å². The van der Waals surface area contributed by atoms with Crippen molar-refractivity contribution in [3.05, 3.63) is 69.9 Å². The first-order valence-electron chi connectivity index (χ1n) is 10.5. The molecule has 1 aliphatic carbocycles. The van der Waals surface area contributed by atoms with E-state index >= 15 is 0 Å². The highest BCUT2D eigenvalue weighted by Gasteiger charge is 2.38. The number of hydrogen-bond acceptors (Lipinski definition) is 4. The smallest absolute Gasteiger partial charge is 0.225 e. The van der Waals surface area contributed by atoms with E-state index in [1.54, 1.807) is 19.2 Å². The van der Waals surface area contributed by atoms with Crippen molar-refractivity contribution in [1.82, 2.24) is 5.32 Å². The fraction of sp³-hybridized carbons (Fsp3) is 0.360. The number of carbonyl (C=O) groups is 2. The first-order valence-corrected chi connectivity index (χ1v) is 10.9. The van der Waals surface area contributed by atoms with Gasteiger partial charge in [-0.15, -0.1) is 0 Å². The highest BCUT2D eigenvalue weighted by molar-refractivity contribution is 6.32. The van der Waals surface area contributed by atoms with Crippen molar-refractivity contribution in [2.24, 2.45) is 0 Å². The molecule has 1 N–H and O–H groups in total. The van der Waals surface area contributed by atoms with E-state index in [9.17, 15) is 9.59 Å². The van der Waals surface area contributed by atoms with Crippen LogP contribution in [0.1, 0.15) is 56.1 Å². The zero-order valence-corrected chi connectivity index (χ0v) is 18.7. The van der Waals surface area contributed by atoms with Crippen LogP contribution in [0.3, 0.4) is 0 Å². The van der Waals surface area contributed by atoms with Crippen LogP contribution in [-0.2, 0) is 9.59 Å². The molecular weight excluding hydrogens is 414 g/mol. The molecule has 2 aromatic carbocycles. The Morgan fingerprint density at radius 3 is 2.35 bits per heavy atom. The van der Waals surface area contributed by atoms with Crippen molar-refractivity contribution in [3.63, 3.8) is 0 Å². The molecule has 1 aliphatic heterocycles. The summed E-state index contributed by atoms with van der Waals surface area (Å²) in [6, 6.07) is 13.3. The van der Waals surface area contributed by atoms with Gasteiger partial charge in [-0.3, -0.25) is 9.59 Å². The Kier molecular flexibility index (Phi) is 6.05. The average Bonchev–Trinajstić information content (AvgIpc) is 2.72. The number of carbonyl (C=O) groups excluding carboxylic acids is 2. The predicted molar refractivity (Wildman–Crippen MR) is 120 cm³/mol. The molecular formula is C25H26ClNO4. The highest BCUT2D eigenvalue weighted by Crippen LogP contribution is 2.43. The van der Waals surface area contributed by atoms with Crippen LogP contribution in [0.5, 0.6) is 11.5 Å². The Balaban J connectivity index is 1.62. The molecule has 0 fully saturated rings. The molecule has 0 saturated carbocycles. The fourth-order valence-corrected chi connectivity index (χ4v) is 4.74. The summed E-state index contributed by atoms with van der Waals surface area (Å²) in [5.74, 6) is 1.11. The van der Waals surface area contributed by atoms with Gasteiger partial charge in [-0.1, -0.05) is 29.8 Å². The van der Waals surface area contributed by atoms with E-state index < -0.39 is 0 Å². The largest absolute Gasteiger partial charge is 0.495 e. The van der Waals surface area contributed by atoms with E-state index in [4.69, 9.17) is 21.1 Å². The number of allylic oxidation sites excluding steroid dienone is 2. The lowest BCUT2D eigenvalue weighted by Crippen LogP contribution is -2.38. The van der Waals surface area contributed by atoms with Gasteiger partial charge in [-0.25, -0.2) is 0 Å². The van der Waals surface area contributed by atoms with Crippen LogP contribution in [0.2, 0.25) is 5.02 Å². The van der Waals surface area contributed by atoms with Crippen LogP contribution in [0, 0.1) is 0 Å². The quantitative estimate of drug-likeness (QED) is 0.700. The van der Waals surface area contributed by atoms with Crippen molar-refractivity contribution in [1.29, 1.82) is 0 Å². The number of ketones is 1. The van der Waals surface area contributed by atoms with Gasteiger partial charge in [-0.2, -0.15) is 0 Å². The number of rotatable bonds is 5. The van der Waals surface area contributed by atoms with Gasteiger partial charge < -0.3 is 14.8 Å². The minimum Gasteiger partial charge on any atom is -0.495 e. The lowest BCUT2D eigenvalue weighted by Gasteiger charge is -2.34. The minimum absolute atomic E-state index is 0.0258. The highest BCUT2D eigenvalue weighted by atomic mass is 35.5. The van der Waals surface area contributed by atoms with Crippen molar-refractivity contribution in [2.75, 3.05) is 7.11 Å². The van der Waals surface area contributed by atoms with E-state index in [0.29, 0.717) is 29.2 Å². The van der Waals surface area contributed by atoms with Crippen molar-refractivity contribution < 1.29 is 19.1 Å². The molecule has 1 amide bonds. The molecule has 0 spiro atoms. The summed E-state index contributed by atoms with van der Waals surface area (Å²) in [7, 11) is 1.56. The van der Waals surface area contributed by atoms with Gasteiger partial charge in [0.05, 0.1) is 18.2 Å². The molecule has 5 nitrogen and oxygen atoms in total. The third kappa shape index (κ3) is 4.47. The second-order valence-corrected chi connectivity index (χ2v) is 8.76. The maximum atomic E-state index is 13.2. The number of ether oxygens (including phenoxy) is 2. The minimum atomic E-state index is -0.289. The Morgan fingerprint density at radius 2 is 1.71 bits per heavy atom. The normalized spacial score (nSPS) is 21.1. The maximum Gasteiger partial charge on any atom is 0.225 e. The Morgan fingerprint density at radius 1 is 1.00 bits per heavy atom. The predicted octanol–water partition coefficient (Wildman–Crippen LogP) is 5.14. The molecule has 2 aromatic rings. The molecule has 162 valence electrons. The lowest BCUT2D eigenvalue weighted by atomic mass is 9.73. The molecule has 0 radical (unpaired) electrons. The summed E-state index contributed by atoms with van der Waals surface area (Å²) in [6.45, 7) is 3.97. The van der Waals surface area contributed by atoms with Crippen LogP contribution < -0.4 is 14.8 Å². The summed E-state index contributed by atoms with van der Waals surface area (Å²) >= 11 is 6.31. The SMILES string of the molecule is COc1ccc(C2CC(=O)NC3=C2C(=O)CC(c2ccc(OC(C)C)cc2)C3)cc1Cl. The van der Waals surface area contributed by atoms with E-state index in [-0.39, 0.29) is 36.1 Å². The lowest BCUT2D eigenvalue weighted by molar-refractivity contribution is -0.122. The number of hydrogen-bond donors (Lipinski definition) is 1. The van der Waals surface area contributed by atoms with Gasteiger partial charge in [0.2, 0.25) is 5.91 Å². The van der Waals surface area contributed by atoms with Crippen molar-refractivity contribution in [2.45, 2.75) is 51.0 Å². The van der Waals surface area contributed by atoms with Crippen molar-refractivity contribution >= 4 is 23.3 Å². The molecule has 2 unspecified atom stereocenters. The molecule has 0 saturated heterocycles. The number of methoxy groups -OCH3 is 1. The van der Waals surface area contributed by atoms with Gasteiger partial charge in [-0.05, 0) is 61.6 Å². The first kappa shape index (κ1) is 21.4. The van der Waals surface area contributed by atoms with Gasteiger partial charge in [0.15, 0.2) is 5.78 Å². The van der Waals surface area contributed by atoms with Gasteiger partial charge >= 0.3 is 0 Å². The molecule has 2 aliphatic rings. The number of amides is 1. The molecule has 31 heavy (non-hydrogen) atoms. The molecule has 1 heterocycles. The summed E-state index contributed by atoms with van der Waals surface area (Å²) in [6.07, 6.45) is 1.38. The Hall–Kier alpha value is -2.79. The number of Topliss-reactive ketones (excluding diaryl/α,β-unsaturated/α-hetero) is 1. The number of benzene rings is 2. The summed E-state index contributed by atoms with van der Waals surface area (Å²) in [5.41, 5.74) is 3.36. The van der Waals surface area contributed by atoms with Crippen molar-refractivity contribution in [3.8, 4) is 11.5 Å². The topological polar surface area (TPSA) is 64.6 Å². The molecule has 4 rings (SSSR count). The maximum absolute atomic E-state index is 13.2. The van der Waals surface area contributed by atoms with Crippen LogP contribution in [-0.4, -0.2) is 24.9 Å². The third-order valence-corrected chi connectivity index (χ3v) is 6.13. The summed E-state index contributed by atoms with van der Waals surface area (Å²) in [4.78, 5) is 25.7. The summed E-state index contributed by atoms with van der Waals surface area (Å²) in [5, 5.41) is 3.43. The Bertz CT molecular complexity index is 1040. The molecule has 0 bridgehead atoms. The summed E-state index contributed by atoms with van der Waals surface area (Å²) < 4.78 is 10.9. The van der Waals surface area contributed by atoms with Crippen LogP contribution in [0.4, 0.5) is 0 Å². The Labute approximate surface area is 187 Å². The second kappa shape index (κ2) is 8.75. The second-order valence-electron chi connectivity index (χ2n) is 8.36. The molecule has 6 heteroatoms. The van der Waals surface area contributed by atoms with E-state index in [2.05, 4.69) is 5.32 Å². The van der Waals surface area contributed by atoms with Gasteiger partial charge in [0, 0.05) is 30.0 Å². The standard InChI is InChI=1S/C25H26ClNO4/c1-14(2)31-18-7-4-15(5-8-18)17-11-21-25(22(28)12-17)19(13-24(29)27-21)16-6-9-23(30-3)20(26)10-16/h4-10,14,17,19H,11-13H2,1-3H3,(H,27,29). The molecule has 0 aromatic heterocycles. The van der Waals surface area contributed by atoms with E-state index in [1.165, 1.54) is 0 Å². The van der Waals surface area contributed by atoms with Gasteiger partial charge in [0.1, 0.15) is 11.5 Å². The number of halogens is 1. The monoisotopic (exact) mass is 439 g/mol. The zero-order chi connectivity index (χ0) is 22.1. The van der Waals surface area contributed by atoms with E-state index in [0.717, 1.165) is 22.6 Å². The molecule has 2 atom stereocenters. The van der Waals surface area contributed by atoms with Crippen LogP contribution in [0.25, 0.3) is 0 Å².